The highest BCUT2D eigenvalue weighted by atomic mass is 32.1. The zero-order valence-electron chi connectivity index (χ0n) is 15.8. The van der Waals surface area contributed by atoms with Crippen LogP contribution in [0.15, 0.2) is 24.3 Å². The summed E-state index contributed by atoms with van der Waals surface area (Å²) in [4.78, 5) is 13.5. The third-order valence-electron chi connectivity index (χ3n) is 5.67. The van der Waals surface area contributed by atoms with E-state index in [2.05, 4.69) is 40.8 Å². The largest absolute Gasteiger partial charge is 0.370 e. The second kappa shape index (κ2) is 7.56. The predicted molar refractivity (Wildman–Crippen MR) is 107 cm³/mol. The molecule has 144 valence electrons. The maximum Gasteiger partial charge on any atom is 0.217 e. The number of hydrogen-bond donors (Lipinski definition) is 1. The molecule has 0 unspecified atom stereocenters. The fourth-order valence-corrected chi connectivity index (χ4v) is 4.51. The van der Waals surface area contributed by atoms with Crippen LogP contribution >= 0.6 is 12.2 Å². The first-order valence-corrected chi connectivity index (χ1v) is 10.2. The third-order valence-corrected chi connectivity index (χ3v) is 6.08. The summed E-state index contributed by atoms with van der Waals surface area (Å²) in [6, 6.07) is 9.56. The van der Waals surface area contributed by atoms with Gasteiger partial charge in [-0.2, -0.15) is 5.10 Å². The third kappa shape index (κ3) is 3.84. The first-order chi connectivity index (χ1) is 13.0. The highest BCUT2D eigenvalue weighted by molar-refractivity contribution is 7.71. The molecule has 4 rings (SSSR count). The lowest BCUT2D eigenvalue weighted by Gasteiger charge is -2.33. The smallest absolute Gasteiger partial charge is 0.217 e. The maximum atomic E-state index is 11.2. The quantitative estimate of drug-likeness (QED) is 0.744. The summed E-state index contributed by atoms with van der Waals surface area (Å²) in [5, 5.41) is 4.76. The topological polar surface area (TPSA) is 69.1 Å². The van der Waals surface area contributed by atoms with Crippen LogP contribution in [0.1, 0.15) is 61.1 Å². The van der Waals surface area contributed by atoms with Crippen molar-refractivity contribution in [3.8, 4) is 0 Å². The Bertz CT molecular complexity index is 898. The van der Waals surface area contributed by atoms with Crippen LogP contribution in [0.25, 0.3) is 0 Å². The standard InChI is InChI=1S/C20H27N5OS/c1-23(17-8-4-6-14-5-2-3-7-16(14)17)13-24-20(27)25(15-9-10-15)19(22-24)12-11-18(21)26/h2-3,5,7,15,17H,4,6,8-13H2,1H3,(H2,21,26)/t17-/m1/s1. The average molecular weight is 386 g/mol. The van der Waals surface area contributed by atoms with Crippen molar-refractivity contribution in [3.63, 3.8) is 0 Å². The summed E-state index contributed by atoms with van der Waals surface area (Å²) in [6.07, 6.45) is 6.65. The van der Waals surface area contributed by atoms with E-state index in [4.69, 9.17) is 23.1 Å². The van der Waals surface area contributed by atoms with Gasteiger partial charge >= 0.3 is 0 Å². The van der Waals surface area contributed by atoms with Crippen molar-refractivity contribution in [2.75, 3.05) is 7.05 Å². The molecule has 1 amide bonds. The van der Waals surface area contributed by atoms with E-state index in [1.54, 1.807) is 0 Å². The number of aryl methyl sites for hydroxylation is 2. The van der Waals surface area contributed by atoms with Gasteiger partial charge < -0.3 is 10.3 Å². The minimum Gasteiger partial charge on any atom is -0.370 e. The van der Waals surface area contributed by atoms with Crippen LogP contribution in [0.3, 0.4) is 0 Å². The van der Waals surface area contributed by atoms with E-state index in [-0.39, 0.29) is 5.91 Å². The summed E-state index contributed by atoms with van der Waals surface area (Å²) in [6.45, 7) is 0.654. The summed E-state index contributed by atoms with van der Waals surface area (Å²) in [5.41, 5.74) is 8.21. The van der Waals surface area contributed by atoms with Crippen LogP contribution < -0.4 is 5.73 Å². The van der Waals surface area contributed by atoms with Crippen LogP contribution in [0.2, 0.25) is 0 Å². The molecule has 1 atom stereocenters. The lowest BCUT2D eigenvalue weighted by molar-refractivity contribution is -0.118. The van der Waals surface area contributed by atoms with Crippen molar-refractivity contribution in [3.05, 3.63) is 46.0 Å². The van der Waals surface area contributed by atoms with Gasteiger partial charge in [0.2, 0.25) is 5.91 Å². The molecular weight excluding hydrogens is 358 g/mol. The number of carbonyl (C=O) groups is 1. The second-order valence-corrected chi connectivity index (χ2v) is 8.14. The number of hydrogen-bond acceptors (Lipinski definition) is 4. The Hall–Kier alpha value is -1.99. The van der Waals surface area contributed by atoms with E-state index < -0.39 is 0 Å². The van der Waals surface area contributed by atoms with Gasteiger partial charge in [0.1, 0.15) is 5.82 Å². The molecule has 2 aromatic rings. The van der Waals surface area contributed by atoms with E-state index in [9.17, 15) is 4.79 Å². The van der Waals surface area contributed by atoms with E-state index in [1.165, 1.54) is 17.5 Å². The molecule has 0 aliphatic heterocycles. The van der Waals surface area contributed by atoms with E-state index in [0.717, 1.165) is 36.3 Å². The molecule has 2 aliphatic rings. The Morgan fingerprint density at radius 1 is 1.33 bits per heavy atom. The van der Waals surface area contributed by atoms with Crippen molar-refractivity contribution in [1.29, 1.82) is 0 Å². The van der Waals surface area contributed by atoms with Gasteiger partial charge in [0.25, 0.3) is 0 Å². The van der Waals surface area contributed by atoms with Crippen LogP contribution in [0, 0.1) is 4.77 Å². The molecule has 1 aromatic carbocycles. The van der Waals surface area contributed by atoms with E-state index in [1.807, 2.05) is 4.68 Å². The number of aromatic nitrogens is 3. The molecule has 1 heterocycles. The van der Waals surface area contributed by atoms with Crippen molar-refractivity contribution >= 4 is 18.1 Å². The molecule has 1 aromatic heterocycles. The Balaban J connectivity index is 1.57. The SMILES string of the molecule is CN(Cn1nc(CCC(N)=O)n(C2CC2)c1=S)[C@@H]1CCCc2ccccc21. The molecule has 2 aliphatic carbocycles. The minimum absolute atomic E-state index is 0.297. The van der Waals surface area contributed by atoms with Gasteiger partial charge in [-0.25, -0.2) is 4.68 Å². The molecule has 0 radical (unpaired) electrons. The van der Waals surface area contributed by atoms with Crippen molar-refractivity contribution < 1.29 is 4.79 Å². The van der Waals surface area contributed by atoms with Crippen LogP contribution in [-0.4, -0.2) is 32.2 Å². The van der Waals surface area contributed by atoms with Gasteiger partial charge in [-0.3, -0.25) is 9.69 Å². The number of nitrogens with two attached hydrogens (primary N) is 1. The minimum atomic E-state index is -0.297. The lowest BCUT2D eigenvalue weighted by atomic mass is 9.87. The Morgan fingerprint density at radius 2 is 2.11 bits per heavy atom. The van der Waals surface area contributed by atoms with Gasteiger partial charge in [-0.1, -0.05) is 24.3 Å². The van der Waals surface area contributed by atoms with Crippen LogP contribution in [0.4, 0.5) is 0 Å². The monoisotopic (exact) mass is 385 g/mol. The zero-order valence-corrected chi connectivity index (χ0v) is 16.6. The number of amides is 1. The van der Waals surface area contributed by atoms with Crippen molar-refractivity contribution in [1.82, 2.24) is 19.2 Å². The van der Waals surface area contributed by atoms with Crippen molar-refractivity contribution in [2.24, 2.45) is 5.73 Å². The molecule has 27 heavy (non-hydrogen) atoms. The van der Waals surface area contributed by atoms with E-state index in [0.29, 0.717) is 31.6 Å². The summed E-state index contributed by atoms with van der Waals surface area (Å²) in [5.74, 6) is 0.590. The Labute approximate surface area is 165 Å². The normalized spacial score (nSPS) is 19.3. The van der Waals surface area contributed by atoms with Crippen LogP contribution in [-0.2, 0) is 24.3 Å². The number of benzene rings is 1. The molecule has 7 heteroatoms. The molecule has 2 N–H and O–H groups in total. The van der Waals surface area contributed by atoms with E-state index >= 15 is 0 Å². The highest BCUT2D eigenvalue weighted by Crippen LogP contribution is 2.37. The molecule has 0 spiro atoms. The summed E-state index contributed by atoms with van der Waals surface area (Å²) in [7, 11) is 2.15. The Kier molecular flexibility index (Phi) is 5.14. The molecular formula is C20H27N5OS. The van der Waals surface area contributed by atoms with Gasteiger partial charge in [-0.15, -0.1) is 0 Å². The van der Waals surface area contributed by atoms with Gasteiger partial charge in [0.15, 0.2) is 4.77 Å². The Morgan fingerprint density at radius 3 is 2.85 bits per heavy atom. The number of nitrogens with zero attached hydrogens (tertiary/aromatic N) is 4. The summed E-state index contributed by atoms with van der Waals surface area (Å²) >= 11 is 5.73. The molecule has 1 fully saturated rings. The molecule has 1 saturated carbocycles. The average Bonchev–Trinajstić information content (AvgIpc) is 3.45. The van der Waals surface area contributed by atoms with Gasteiger partial charge in [-0.05, 0) is 62.5 Å². The highest BCUT2D eigenvalue weighted by Gasteiger charge is 2.29. The lowest BCUT2D eigenvalue weighted by Crippen LogP contribution is -2.30. The number of rotatable bonds is 7. The van der Waals surface area contributed by atoms with Gasteiger partial charge in [0.05, 0.1) is 6.67 Å². The number of carbonyl (C=O) groups excluding carboxylic acids is 1. The predicted octanol–water partition coefficient (Wildman–Crippen LogP) is 3.13. The zero-order chi connectivity index (χ0) is 19.0. The maximum absolute atomic E-state index is 11.2. The van der Waals surface area contributed by atoms with Gasteiger partial charge in [0, 0.05) is 24.9 Å². The van der Waals surface area contributed by atoms with Crippen molar-refractivity contribution in [2.45, 2.75) is 63.7 Å². The fourth-order valence-electron chi connectivity index (χ4n) is 4.16. The first kappa shape index (κ1) is 18.4. The molecule has 0 saturated heterocycles. The number of primary amides is 1. The van der Waals surface area contributed by atoms with Crippen LogP contribution in [0.5, 0.6) is 0 Å². The fraction of sp³-hybridized carbons (Fsp3) is 0.550. The molecule has 6 nitrogen and oxygen atoms in total. The number of fused-ring (bicyclic) bond motifs is 1. The molecule has 0 bridgehead atoms. The first-order valence-electron chi connectivity index (χ1n) is 9.79. The summed E-state index contributed by atoms with van der Waals surface area (Å²) < 4.78 is 4.81. The second-order valence-electron chi connectivity index (χ2n) is 7.77.